The Balaban J connectivity index is 2.27. The molecule has 17 heavy (non-hydrogen) atoms. The lowest BCUT2D eigenvalue weighted by molar-refractivity contribution is 0.0694. The lowest BCUT2D eigenvalue weighted by atomic mass is 10.2. The van der Waals surface area contributed by atoms with E-state index in [-0.39, 0.29) is 6.10 Å². The molecule has 94 valence electrons. The largest absolute Gasteiger partial charge is 0.370 e. The number of thioether (sulfide) groups is 1. The number of rotatable bonds is 3. The maximum Gasteiger partial charge on any atom is 0.160 e. The summed E-state index contributed by atoms with van der Waals surface area (Å²) in [6.07, 6.45) is 0.0467. The standard InChI is InChI=1S/C12H19N3OS/c1-4-13-11-8(2)9(3)14-12(15-11)10-7-17-6-5-16-10/h10H,4-7H2,1-3H3,(H,13,14,15). The predicted molar refractivity (Wildman–Crippen MR) is 71.7 cm³/mol. The van der Waals surface area contributed by atoms with Gasteiger partial charge in [-0.05, 0) is 20.8 Å². The van der Waals surface area contributed by atoms with Crippen LogP contribution in [0.5, 0.6) is 0 Å². The monoisotopic (exact) mass is 253 g/mol. The van der Waals surface area contributed by atoms with Crippen molar-refractivity contribution in [1.82, 2.24) is 9.97 Å². The smallest absolute Gasteiger partial charge is 0.160 e. The Morgan fingerprint density at radius 1 is 1.41 bits per heavy atom. The van der Waals surface area contributed by atoms with Gasteiger partial charge >= 0.3 is 0 Å². The van der Waals surface area contributed by atoms with Crippen LogP contribution >= 0.6 is 11.8 Å². The molecule has 1 unspecified atom stereocenters. The van der Waals surface area contributed by atoms with Gasteiger partial charge in [0.2, 0.25) is 0 Å². The third-order valence-electron chi connectivity index (χ3n) is 2.85. The summed E-state index contributed by atoms with van der Waals surface area (Å²) < 4.78 is 5.72. The number of anilines is 1. The van der Waals surface area contributed by atoms with Crippen molar-refractivity contribution in [1.29, 1.82) is 0 Å². The molecule has 4 nitrogen and oxygen atoms in total. The van der Waals surface area contributed by atoms with Gasteiger partial charge in [0.15, 0.2) is 5.82 Å². The molecule has 1 aliphatic rings. The van der Waals surface area contributed by atoms with Gasteiger partial charge in [-0.15, -0.1) is 0 Å². The minimum absolute atomic E-state index is 0.0467. The highest BCUT2D eigenvalue weighted by Crippen LogP contribution is 2.26. The van der Waals surface area contributed by atoms with E-state index in [4.69, 9.17) is 4.74 Å². The van der Waals surface area contributed by atoms with Gasteiger partial charge in [0, 0.05) is 29.3 Å². The molecule has 1 N–H and O–H groups in total. The van der Waals surface area contributed by atoms with Crippen LogP contribution in [-0.4, -0.2) is 34.6 Å². The molecule has 0 aliphatic carbocycles. The van der Waals surface area contributed by atoms with Gasteiger partial charge in [-0.25, -0.2) is 9.97 Å². The summed E-state index contributed by atoms with van der Waals surface area (Å²) in [4.78, 5) is 9.14. The van der Waals surface area contributed by atoms with E-state index in [0.717, 1.165) is 47.6 Å². The maximum atomic E-state index is 5.72. The zero-order valence-corrected chi connectivity index (χ0v) is 11.4. The molecule has 2 heterocycles. The Morgan fingerprint density at radius 2 is 2.24 bits per heavy atom. The van der Waals surface area contributed by atoms with E-state index < -0.39 is 0 Å². The number of aromatic nitrogens is 2. The molecule has 1 saturated heterocycles. The van der Waals surface area contributed by atoms with Crippen LogP contribution in [0, 0.1) is 13.8 Å². The topological polar surface area (TPSA) is 47.0 Å². The van der Waals surface area contributed by atoms with Crippen molar-refractivity contribution in [3.8, 4) is 0 Å². The van der Waals surface area contributed by atoms with Crippen LogP contribution in [-0.2, 0) is 4.74 Å². The molecule has 2 rings (SSSR count). The number of hydrogen-bond donors (Lipinski definition) is 1. The van der Waals surface area contributed by atoms with Gasteiger partial charge in [-0.3, -0.25) is 0 Å². The average Bonchev–Trinajstić information content (AvgIpc) is 2.36. The van der Waals surface area contributed by atoms with Gasteiger partial charge in [0.05, 0.1) is 6.61 Å². The fraction of sp³-hybridized carbons (Fsp3) is 0.667. The fourth-order valence-electron chi connectivity index (χ4n) is 1.77. The van der Waals surface area contributed by atoms with Crippen LogP contribution in [0.3, 0.4) is 0 Å². The second-order valence-electron chi connectivity index (χ2n) is 4.11. The summed E-state index contributed by atoms with van der Waals surface area (Å²) in [6, 6.07) is 0. The van der Waals surface area contributed by atoms with Crippen molar-refractivity contribution >= 4 is 17.6 Å². The highest BCUT2D eigenvalue weighted by molar-refractivity contribution is 7.99. The first-order valence-electron chi connectivity index (χ1n) is 6.00. The normalized spacial score (nSPS) is 20.3. The minimum atomic E-state index is 0.0467. The van der Waals surface area contributed by atoms with Crippen molar-refractivity contribution in [2.45, 2.75) is 26.9 Å². The van der Waals surface area contributed by atoms with Gasteiger partial charge in [-0.1, -0.05) is 0 Å². The first kappa shape index (κ1) is 12.6. The Labute approximate surface area is 107 Å². The van der Waals surface area contributed by atoms with Gasteiger partial charge < -0.3 is 10.1 Å². The second-order valence-corrected chi connectivity index (χ2v) is 5.26. The summed E-state index contributed by atoms with van der Waals surface area (Å²) in [6.45, 7) is 7.81. The molecule has 1 fully saturated rings. The van der Waals surface area contributed by atoms with E-state index in [2.05, 4.69) is 22.2 Å². The molecule has 1 aliphatic heterocycles. The highest BCUT2D eigenvalue weighted by Gasteiger charge is 2.21. The number of aryl methyl sites for hydroxylation is 1. The summed E-state index contributed by atoms with van der Waals surface area (Å²) >= 11 is 1.90. The molecule has 1 aromatic heterocycles. The Hall–Kier alpha value is -0.810. The van der Waals surface area contributed by atoms with E-state index in [1.165, 1.54) is 0 Å². The summed E-state index contributed by atoms with van der Waals surface area (Å²) in [5.41, 5.74) is 2.16. The van der Waals surface area contributed by atoms with Crippen molar-refractivity contribution in [3.05, 3.63) is 17.1 Å². The number of nitrogens with zero attached hydrogens (tertiary/aromatic N) is 2. The summed E-state index contributed by atoms with van der Waals surface area (Å²) in [7, 11) is 0. The number of nitrogens with one attached hydrogen (secondary N) is 1. The number of hydrogen-bond acceptors (Lipinski definition) is 5. The molecule has 0 aromatic carbocycles. The SMILES string of the molecule is CCNc1nc(C2CSCCO2)nc(C)c1C. The zero-order valence-electron chi connectivity index (χ0n) is 10.6. The molecule has 0 spiro atoms. The lowest BCUT2D eigenvalue weighted by Gasteiger charge is -2.22. The van der Waals surface area contributed by atoms with E-state index in [0.29, 0.717) is 0 Å². The van der Waals surface area contributed by atoms with E-state index in [1.54, 1.807) is 0 Å². The third kappa shape index (κ3) is 2.90. The lowest BCUT2D eigenvalue weighted by Crippen LogP contribution is -2.19. The first-order valence-corrected chi connectivity index (χ1v) is 7.16. The molecular formula is C12H19N3OS. The van der Waals surface area contributed by atoms with E-state index in [1.807, 2.05) is 25.6 Å². The average molecular weight is 253 g/mol. The van der Waals surface area contributed by atoms with E-state index >= 15 is 0 Å². The van der Waals surface area contributed by atoms with Crippen molar-refractivity contribution < 1.29 is 4.74 Å². The molecule has 0 radical (unpaired) electrons. The third-order valence-corrected chi connectivity index (χ3v) is 3.85. The van der Waals surface area contributed by atoms with Crippen molar-refractivity contribution in [2.75, 3.05) is 30.0 Å². The summed E-state index contributed by atoms with van der Waals surface area (Å²) in [5, 5.41) is 3.28. The van der Waals surface area contributed by atoms with Crippen LogP contribution in [0.2, 0.25) is 0 Å². The predicted octanol–water partition coefficient (Wildman–Crippen LogP) is 2.33. The first-order chi connectivity index (χ1) is 8.22. The van der Waals surface area contributed by atoms with Crippen LogP contribution in [0.4, 0.5) is 5.82 Å². The Bertz CT molecular complexity index is 392. The Kier molecular flexibility index (Phi) is 4.23. The van der Waals surface area contributed by atoms with E-state index in [9.17, 15) is 0 Å². The zero-order chi connectivity index (χ0) is 12.3. The fourth-order valence-corrected chi connectivity index (χ4v) is 2.61. The molecule has 1 atom stereocenters. The van der Waals surface area contributed by atoms with Gasteiger partial charge in [0.1, 0.15) is 11.9 Å². The minimum Gasteiger partial charge on any atom is -0.370 e. The molecule has 1 aromatic rings. The number of ether oxygens (including phenoxy) is 1. The van der Waals surface area contributed by atoms with Crippen LogP contribution in [0.1, 0.15) is 30.1 Å². The van der Waals surface area contributed by atoms with Crippen LogP contribution < -0.4 is 5.32 Å². The quantitative estimate of drug-likeness (QED) is 0.896. The van der Waals surface area contributed by atoms with Crippen molar-refractivity contribution in [3.63, 3.8) is 0 Å². The molecular weight excluding hydrogens is 234 g/mol. The molecule has 0 amide bonds. The van der Waals surface area contributed by atoms with Crippen molar-refractivity contribution in [2.24, 2.45) is 0 Å². The molecule has 5 heteroatoms. The summed E-state index contributed by atoms with van der Waals surface area (Å²) in [5.74, 6) is 3.78. The highest BCUT2D eigenvalue weighted by atomic mass is 32.2. The van der Waals surface area contributed by atoms with Gasteiger partial charge in [0.25, 0.3) is 0 Å². The molecule has 0 bridgehead atoms. The Morgan fingerprint density at radius 3 is 2.88 bits per heavy atom. The van der Waals surface area contributed by atoms with Crippen LogP contribution in [0.25, 0.3) is 0 Å². The maximum absolute atomic E-state index is 5.72. The van der Waals surface area contributed by atoms with Crippen LogP contribution in [0.15, 0.2) is 0 Å². The van der Waals surface area contributed by atoms with Gasteiger partial charge in [-0.2, -0.15) is 11.8 Å². The second kappa shape index (κ2) is 5.69. The molecule has 0 saturated carbocycles.